The van der Waals surface area contributed by atoms with E-state index in [2.05, 4.69) is 15.2 Å². The molecule has 0 saturated carbocycles. The SMILES string of the molecule is COc1ccc(N2CCOCC2)c2sc(NC(=O)N3CCC(OCCF)CC3)nc12. The van der Waals surface area contributed by atoms with Crippen LogP contribution in [0.5, 0.6) is 5.75 Å². The number of urea groups is 1. The molecule has 2 fully saturated rings. The van der Waals surface area contributed by atoms with Gasteiger partial charge in [-0.2, -0.15) is 0 Å². The minimum atomic E-state index is -0.478. The molecule has 0 aliphatic carbocycles. The van der Waals surface area contributed by atoms with Crippen LogP contribution in [0.25, 0.3) is 10.2 Å². The highest BCUT2D eigenvalue weighted by atomic mass is 32.1. The number of methoxy groups -OCH3 is 1. The molecular weight excluding hydrogens is 411 g/mol. The van der Waals surface area contributed by atoms with Gasteiger partial charge in [0.05, 0.1) is 43.4 Å². The molecular formula is C20H27FN4O4S. The zero-order valence-electron chi connectivity index (χ0n) is 17.1. The first-order chi connectivity index (χ1) is 14.7. The summed E-state index contributed by atoms with van der Waals surface area (Å²) >= 11 is 1.45. The van der Waals surface area contributed by atoms with E-state index in [-0.39, 0.29) is 18.7 Å². The van der Waals surface area contributed by atoms with Crippen LogP contribution in [0.4, 0.5) is 20.0 Å². The first-order valence-electron chi connectivity index (χ1n) is 10.2. The first kappa shape index (κ1) is 21.1. The number of aromatic nitrogens is 1. The molecule has 0 unspecified atom stereocenters. The van der Waals surface area contributed by atoms with E-state index in [4.69, 9.17) is 14.2 Å². The lowest BCUT2D eigenvalue weighted by Crippen LogP contribution is -2.43. The lowest BCUT2D eigenvalue weighted by Gasteiger charge is -2.31. The van der Waals surface area contributed by atoms with Gasteiger partial charge in [-0.25, -0.2) is 14.2 Å². The number of hydrogen-bond acceptors (Lipinski definition) is 7. The van der Waals surface area contributed by atoms with Crippen LogP contribution in [-0.4, -0.2) is 81.8 Å². The molecule has 0 spiro atoms. The van der Waals surface area contributed by atoms with E-state index in [9.17, 15) is 9.18 Å². The van der Waals surface area contributed by atoms with Crippen LogP contribution >= 0.6 is 11.3 Å². The van der Waals surface area contributed by atoms with Crippen LogP contribution in [0.2, 0.25) is 0 Å². The van der Waals surface area contributed by atoms with E-state index in [0.29, 0.717) is 50.0 Å². The number of carbonyl (C=O) groups excluding carboxylic acids is 1. The molecule has 0 radical (unpaired) electrons. The number of alkyl halides is 1. The molecule has 1 N–H and O–H groups in total. The quantitative estimate of drug-likeness (QED) is 0.747. The number of benzene rings is 1. The molecule has 2 amide bonds. The molecule has 1 aromatic carbocycles. The summed E-state index contributed by atoms with van der Waals surface area (Å²) in [5.74, 6) is 0.685. The molecule has 3 heterocycles. The number of likely N-dealkylation sites (tertiary alicyclic amines) is 1. The van der Waals surface area contributed by atoms with Crippen molar-refractivity contribution in [3.05, 3.63) is 12.1 Å². The summed E-state index contributed by atoms with van der Waals surface area (Å²) in [6.07, 6.45) is 1.44. The third-order valence-corrected chi connectivity index (χ3v) is 6.42. The average molecular weight is 439 g/mol. The Morgan fingerprint density at radius 1 is 1.30 bits per heavy atom. The maximum absolute atomic E-state index is 12.7. The largest absolute Gasteiger partial charge is 0.494 e. The zero-order chi connectivity index (χ0) is 20.9. The number of ether oxygens (including phenoxy) is 3. The monoisotopic (exact) mass is 438 g/mol. The van der Waals surface area contributed by atoms with Crippen LogP contribution < -0.4 is 15.0 Å². The number of morpholine rings is 1. The summed E-state index contributed by atoms with van der Waals surface area (Å²) in [6.45, 7) is 3.83. The molecule has 8 nitrogen and oxygen atoms in total. The number of piperidine rings is 1. The van der Waals surface area contributed by atoms with E-state index < -0.39 is 6.67 Å². The Kier molecular flexibility index (Phi) is 6.86. The molecule has 2 saturated heterocycles. The first-order valence-corrected chi connectivity index (χ1v) is 11.0. The van der Waals surface area contributed by atoms with Crippen molar-refractivity contribution >= 4 is 38.4 Å². The highest BCUT2D eigenvalue weighted by molar-refractivity contribution is 7.23. The summed E-state index contributed by atoms with van der Waals surface area (Å²) in [6, 6.07) is 3.78. The minimum absolute atomic E-state index is 0.0209. The van der Waals surface area contributed by atoms with Gasteiger partial charge in [-0.3, -0.25) is 5.32 Å². The van der Waals surface area contributed by atoms with Gasteiger partial charge in [-0.15, -0.1) is 0 Å². The molecule has 10 heteroatoms. The Bertz CT molecular complexity index is 866. The van der Waals surface area contributed by atoms with Crippen molar-refractivity contribution in [1.82, 2.24) is 9.88 Å². The topological polar surface area (TPSA) is 76.2 Å². The number of amides is 2. The summed E-state index contributed by atoms with van der Waals surface area (Å²) in [5.41, 5.74) is 1.83. The number of halogens is 1. The Morgan fingerprint density at radius 3 is 2.77 bits per heavy atom. The minimum Gasteiger partial charge on any atom is -0.494 e. The molecule has 2 aromatic rings. The number of anilines is 2. The van der Waals surface area contributed by atoms with E-state index in [1.165, 1.54) is 11.3 Å². The highest BCUT2D eigenvalue weighted by Gasteiger charge is 2.25. The Labute approximate surface area is 178 Å². The average Bonchev–Trinajstić information content (AvgIpc) is 3.21. The van der Waals surface area contributed by atoms with Crippen LogP contribution in [0.1, 0.15) is 12.8 Å². The smallest absolute Gasteiger partial charge is 0.323 e. The van der Waals surface area contributed by atoms with Crippen LogP contribution in [0.3, 0.4) is 0 Å². The standard InChI is InChI=1S/C20H27FN4O4S/c1-27-16-3-2-15(24-9-12-28-13-10-24)18-17(16)22-19(30-18)23-20(26)25-7-4-14(5-8-25)29-11-6-21/h2-3,14H,4-13H2,1H3,(H,22,23,26). The predicted octanol–water partition coefficient (Wildman–Crippen LogP) is 3.12. The molecule has 4 rings (SSSR count). The zero-order valence-corrected chi connectivity index (χ0v) is 17.9. The van der Waals surface area contributed by atoms with Gasteiger partial charge >= 0.3 is 6.03 Å². The van der Waals surface area contributed by atoms with Crippen LogP contribution in [-0.2, 0) is 9.47 Å². The fourth-order valence-corrected chi connectivity index (χ4v) is 4.86. The van der Waals surface area contributed by atoms with Crippen molar-refractivity contribution in [2.45, 2.75) is 18.9 Å². The molecule has 2 aliphatic heterocycles. The molecule has 0 bridgehead atoms. The van der Waals surface area contributed by atoms with Crippen molar-refractivity contribution in [2.75, 3.05) is 70.0 Å². The predicted molar refractivity (Wildman–Crippen MR) is 115 cm³/mol. The van der Waals surface area contributed by atoms with E-state index >= 15 is 0 Å². The van der Waals surface area contributed by atoms with Crippen molar-refractivity contribution in [3.63, 3.8) is 0 Å². The molecule has 30 heavy (non-hydrogen) atoms. The maximum Gasteiger partial charge on any atom is 0.323 e. The Balaban J connectivity index is 1.47. The van der Waals surface area contributed by atoms with Gasteiger partial charge in [0.2, 0.25) is 0 Å². The van der Waals surface area contributed by atoms with Crippen molar-refractivity contribution in [1.29, 1.82) is 0 Å². The van der Waals surface area contributed by atoms with Crippen LogP contribution in [0.15, 0.2) is 12.1 Å². The maximum atomic E-state index is 12.7. The third-order valence-electron chi connectivity index (χ3n) is 5.43. The molecule has 164 valence electrons. The fourth-order valence-electron chi connectivity index (χ4n) is 3.85. The van der Waals surface area contributed by atoms with Gasteiger partial charge in [0.25, 0.3) is 0 Å². The number of hydrogen-bond donors (Lipinski definition) is 1. The normalized spacial score (nSPS) is 18.1. The summed E-state index contributed by atoms with van der Waals surface area (Å²) in [5, 5.41) is 3.48. The van der Waals surface area contributed by atoms with Gasteiger partial charge in [-0.1, -0.05) is 11.3 Å². The molecule has 1 aromatic heterocycles. The van der Waals surface area contributed by atoms with Gasteiger partial charge < -0.3 is 24.0 Å². The summed E-state index contributed by atoms with van der Waals surface area (Å²) < 4.78 is 29.6. The summed E-state index contributed by atoms with van der Waals surface area (Å²) in [4.78, 5) is 21.4. The van der Waals surface area contributed by atoms with Crippen molar-refractivity contribution in [2.24, 2.45) is 0 Å². The van der Waals surface area contributed by atoms with Gasteiger partial charge in [-0.05, 0) is 25.0 Å². The molecule has 2 aliphatic rings. The Morgan fingerprint density at radius 2 is 2.07 bits per heavy atom. The summed E-state index contributed by atoms with van der Waals surface area (Å²) in [7, 11) is 1.62. The van der Waals surface area contributed by atoms with Gasteiger partial charge in [0.1, 0.15) is 17.9 Å². The van der Waals surface area contributed by atoms with E-state index in [0.717, 1.165) is 29.0 Å². The lowest BCUT2D eigenvalue weighted by atomic mass is 10.1. The second-order valence-electron chi connectivity index (χ2n) is 7.26. The van der Waals surface area contributed by atoms with Crippen molar-refractivity contribution < 1.29 is 23.4 Å². The number of nitrogens with zero attached hydrogens (tertiary/aromatic N) is 3. The molecule has 0 atom stereocenters. The number of fused-ring (bicyclic) bond motifs is 1. The second-order valence-corrected chi connectivity index (χ2v) is 8.26. The fraction of sp³-hybridized carbons (Fsp3) is 0.600. The number of thiazole rings is 1. The van der Waals surface area contributed by atoms with E-state index in [1.807, 2.05) is 12.1 Å². The number of carbonyl (C=O) groups is 1. The van der Waals surface area contributed by atoms with Crippen molar-refractivity contribution in [3.8, 4) is 5.75 Å². The highest BCUT2D eigenvalue weighted by Crippen LogP contribution is 2.39. The Hall–Kier alpha value is -2.17. The number of nitrogens with one attached hydrogen (secondary N) is 1. The van der Waals surface area contributed by atoms with Crippen LogP contribution in [0, 0.1) is 0 Å². The second kappa shape index (κ2) is 9.76. The lowest BCUT2D eigenvalue weighted by molar-refractivity contribution is 0.00991. The third kappa shape index (κ3) is 4.60. The van der Waals surface area contributed by atoms with Gasteiger partial charge in [0, 0.05) is 26.2 Å². The van der Waals surface area contributed by atoms with E-state index in [1.54, 1.807) is 12.0 Å². The van der Waals surface area contributed by atoms with Gasteiger partial charge in [0.15, 0.2) is 5.13 Å². The number of rotatable bonds is 6.